The van der Waals surface area contributed by atoms with Gasteiger partial charge >= 0.3 is 0 Å². The van der Waals surface area contributed by atoms with Crippen LogP contribution in [0.5, 0.6) is 0 Å². The maximum Gasteiger partial charge on any atom is 0.177 e. The van der Waals surface area contributed by atoms with Crippen LogP contribution in [0.3, 0.4) is 0 Å². The van der Waals surface area contributed by atoms with Gasteiger partial charge in [-0.25, -0.2) is 0 Å². The Morgan fingerprint density at radius 2 is 2.60 bits per heavy atom. The smallest absolute Gasteiger partial charge is 0.177 e. The molecule has 0 bridgehead atoms. The van der Waals surface area contributed by atoms with Crippen LogP contribution in [0.15, 0.2) is 18.9 Å². The fourth-order valence-electron chi connectivity index (χ4n) is 0.838. The van der Waals surface area contributed by atoms with E-state index in [1.54, 1.807) is 0 Å². The van der Waals surface area contributed by atoms with E-state index in [-0.39, 0.29) is 0 Å². The highest BCUT2D eigenvalue weighted by molar-refractivity contribution is 7.71. The Hall–Kier alpha value is -0.830. The average Bonchev–Trinajstić information content (AvgIpc) is 2.20. The van der Waals surface area contributed by atoms with Crippen molar-refractivity contribution in [3.05, 3.63) is 29.3 Å². The highest BCUT2D eigenvalue weighted by Crippen LogP contribution is 1.98. The van der Waals surface area contributed by atoms with Crippen molar-refractivity contribution >= 4 is 12.2 Å². The van der Waals surface area contributed by atoms with E-state index in [1.165, 1.54) is 0 Å². The molecule has 10 heavy (non-hydrogen) atoms. The van der Waals surface area contributed by atoms with Gasteiger partial charge in [-0.2, -0.15) is 0 Å². The van der Waals surface area contributed by atoms with E-state index in [0.717, 1.165) is 17.0 Å². The normalized spacial score (nSPS) is 9.70. The summed E-state index contributed by atoms with van der Waals surface area (Å²) in [6.07, 6.45) is 3.72. The zero-order valence-electron chi connectivity index (χ0n) is 5.92. The third-order valence-corrected chi connectivity index (χ3v) is 1.73. The van der Waals surface area contributed by atoms with E-state index in [2.05, 4.69) is 11.6 Å². The van der Waals surface area contributed by atoms with Crippen molar-refractivity contribution < 1.29 is 0 Å². The Balaban J connectivity index is 3.10. The van der Waals surface area contributed by atoms with Crippen LogP contribution >= 0.6 is 12.2 Å². The second-order valence-electron chi connectivity index (χ2n) is 2.13. The van der Waals surface area contributed by atoms with Crippen LogP contribution < -0.4 is 0 Å². The van der Waals surface area contributed by atoms with Crippen LogP contribution in [0, 0.1) is 11.7 Å². The van der Waals surface area contributed by atoms with Gasteiger partial charge in [0.1, 0.15) is 0 Å². The summed E-state index contributed by atoms with van der Waals surface area (Å²) >= 11 is 5.00. The molecule has 54 valence electrons. The number of aromatic amines is 1. The van der Waals surface area contributed by atoms with Gasteiger partial charge in [-0.3, -0.25) is 0 Å². The van der Waals surface area contributed by atoms with Crippen LogP contribution in [0.2, 0.25) is 0 Å². The molecule has 0 fully saturated rings. The Morgan fingerprint density at radius 3 is 3.00 bits per heavy atom. The van der Waals surface area contributed by atoms with E-state index < -0.39 is 0 Å². The molecular formula is C7H10N2S. The number of aromatic nitrogens is 2. The standard InChI is InChI=1S/C7H10N2S/c1-3-4-9-6(2)5-8-7(9)10/h3,5H,1,4H2,2H3,(H,8,10). The first-order chi connectivity index (χ1) is 4.75. The molecule has 0 aliphatic carbocycles. The van der Waals surface area contributed by atoms with Gasteiger partial charge in [0, 0.05) is 18.4 Å². The molecule has 1 heterocycles. The first-order valence-corrected chi connectivity index (χ1v) is 3.52. The molecule has 0 aliphatic rings. The minimum absolute atomic E-state index is 0.761. The Bertz CT molecular complexity index is 282. The highest BCUT2D eigenvalue weighted by atomic mass is 32.1. The summed E-state index contributed by atoms with van der Waals surface area (Å²) in [6, 6.07) is 0. The van der Waals surface area contributed by atoms with Crippen LogP contribution in [-0.4, -0.2) is 9.55 Å². The van der Waals surface area contributed by atoms with Crippen molar-refractivity contribution in [3.8, 4) is 0 Å². The van der Waals surface area contributed by atoms with Crippen LogP contribution in [0.1, 0.15) is 5.69 Å². The van der Waals surface area contributed by atoms with Gasteiger partial charge in [0.05, 0.1) is 0 Å². The van der Waals surface area contributed by atoms with Gasteiger partial charge < -0.3 is 9.55 Å². The lowest BCUT2D eigenvalue weighted by Crippen LogP contribution is -1.96. The van der Waals surface area contributed by atoms with Crippen molar-refractivity contribution in [2.45, 2.75) is 13.5 Å². The monoisotopic (exact) mass is 154 g/mol. The molecule has 0 unspecified atom stereocenters. The minimum atomic E-state index is 0.761. The summed E-state index contributed by atoms with van der Waals surface area (Å²) in [5, 5.41) is 0. The van der Waals surface area contributed by atoms with Gasteiger partial charge in [-0.15, -0.1) is 6.58 Å². The summed E-state index contributed by atoms with van der Waals surface area (Å²) in [5.74, 6) is 0. The minimum Gasteiger partial charge on any atom is -0.337 e. The largest absolute Gasteiger partial charge is 0.337 e. The predicted molar refractivity (Wildman–Crippen MR) is 44.6 cm³/mol. The van der Waals surface area contributed by atoms with Crippen LogP contribution in [-0.2, 0) is 6.54 Å². The number of nitrogens with zero attached hydrogens (tertiary/aromatic N) is 1. The molecule has 0 spiro atoms. The van der Waals surface area contributed by atoms with E-state index in [4.69, 9.17) is 12.2 Å². The number of aryl methyl sites for hydroxylation is 1. The van der Waals surface area contributed by atoms with Gasteiger partial charge in [0.2, 0.25) is 0 Å². The number of hydrogen-bond donors (Lipinski definition) is 1. The number of H-pyrrole nitrogens is 1. The van der Waals surface area contributed by atoms with Crippen molar-refractivity contribution in [2.75, 3.05) is 0 Å². The molecule has 0 aliphatic heterocycles. The molecule has 0 atom stereocenters. The molecule has 0 aromatic carbocycles. The quantitative estimate of drug-likeness (QED) is 0.510. The molecule has 1 aromatic heterocycles. The van der Waals surface area contributed by atoms with Gasteiger partial charge in [0.25, 0.3) is 0 Å². The number of nitrogens with one attached hydrogen (secondary N) is 1. The van der Waals surface area contributed by atoms with Gasteiger partial charge in [-0.05, 0) is 19.1 Å². The SMILES string of the molecule is C=CCn1c(C)c[nH]c1=S. The van der Waals surface area contributed by atoms with Gasteiger partial charge in [-0.1, -0.05) is 6.08 Å². The van der Waals surface area contributed by atoms with E-state index in [0.29, 0.717) is 0 Å². The Morgan fingerprint density at radius 1 is 1.90 bits per heavy atom. The van der Waals surface area contributed by atoms with Crippen molar-refractivity contribution in [3.63, 3.8) is 0 Å². The maximum atomic E-state index is 5.00. The molecule has 0 amide bonds. The Kier molecular flexibility index (Phi) is 2.06. The molecule has 3 heteroatoms. The third kappa shape index (κ3) is 1.19. The predicted octanol–water partition coefficient (Wildman–Crippen LogP) is 2.04. The zero-order chi connectivity index (χ0) is 7.56. The average molecular weight is 154 g/mol. The lowest BCUT2D eigenvalue weighted by molar-refractivity contribution is 0.779. The maximum absolute atomic E-state index is 5.00. The summed E-state index contributed by atoms with van der Waals surface area (Å²) in [7, 11) is 0. The molecule has 1 aromatic rings. The number of rotatable bonds is 2. The second kappa shape index (κ2) is 2.84. The number of allylic oxidation sites excluding steroid dienone is 1. The third-order valence-electron chi connectivity index (χ3n) is 1.39. The molecule has 1 N–H and O–H groups in total. The van der Waals surface area contributed by atoms with Crippen molar-refractivity contribution in [1.29, 1.82) is 0 Å². The first kappa shape index (κ1) is 7.28. The highest BCUT2D eigenvalue weighted by Gasteiger charge is 1.93. The fraction of sp³-hybridized carbons (Fsp3) is 0.286. The summed E-state index contributed by atoms with van der Waals surface area (Å²) < 4.78 is 2.75. The lowest BCUT2D eigenvalue weighted by Gasteiger charge is -1.97. The van der Waals surface area contributed by atoms with Crippen LogP contribution in [0.25, 0.3) is 0 Å². The number of imidazole rings is 1. The molecule has 0 saturated heterocycles. The van der Waals surface area contributed by atoms with E-state index in [9.17, 15) is 0 Å². The van der Waals surface area contributed by atoms with Crippen LogP contribution in [0.4, 0.5) is 0 Å². The molecule has 0 saturated carbocycles. The summed E-state index contributed by atoms with van der Waals surface area (Å²) in [4.78, 5) is 2.95. The molecule has 0 radical (unpaired) electrons. The van der Waals surface area contributed by atoms with E-state index in [1.807, 2.05) is 23.8 Å². The second-order valence-corrected chi connectivity index (χ2v) is 2.52. The first-order valence-electron chi connectivity index (χ1n) is 3.11. The fourth-order valence-corrected chi connectivity index (χ4v) is 1.12. The van der Waals surface area contributed by atoms with Crippen molar-refractivity contribution in [2.24, 2.45) is 0 Å². The lowest BCUT2D eigenvalue weighted by atomic mass is 10.5. The summed E-state index contributed by atoms with van der Waals surface area (Å²) in [5.41, 5.74) is 1.14. The zero-order valence-corrected chi connectivity index (χ0v) is 6.74. The number of hydrogen-bond acceptors (Lipinski definition) is 1. The molecule has 1 rings (SSSR count). The molecular weight excluding hydrogens is 144 g/mol. The van der Waals surface area contributed by atoms with E-state index >= 15 is 0 Å². The molecule has 2 nitrogen and oxygen atoms in total. The Labute approximate surface area is 65.2 Å². The van der Waals surface area contributed by atoms with Gasteiger partial charge in [0.15, 0.2) is 4.77 Å². The van der Waals surface area contributed by atoms with Crippen molar-refractivity contribution in [1.82, 2.24) is 9.55 Å². The topological polar surface area (TPSA) is 20.7 Å². The summed E-state index contributed by atoms with van der Waals surface area (Å²) in [6.45, 7) is 6.43.